The van der Waals surface area contributed by atoms with Gasteiger partial charge in [0.25, 0.3) is 0 Å². The second-order valence-electron chi connectivity index (χ2n) is 6.96. The highest BCUT2D eigenvalue weighted by molar-refractivity contribution is 5.93. The van der Waals surface area contributed by atoms with E-state index in [1.165, 1.54) is 6.92 Å². The fourth-order valence-corrected chi connectivity index (χ4v) is 2.24. The zero-order valence-electron chi connectivity index (χ0n) is 16.2. The summed E-state index contributed by atoms with van der Waals surface area (Å²) in [5.41, 5.74) is 5.55. The van der Waals surface area contributed by atoms with Crippen LogP contribution in [0.4, 0.5) is 0 Å². The van der Waals surface area contributed by atoms with Crippen LogP contribution in [0.1, 0.15) is 47.5 Å². The van der Waals surface area contributed by atoms with Gasteiger partial charge in [0.2, 0.25) is 17.7 Å². The molecule has 0 spiro atoms. The molecule has 0 aliphatic carbocycles. The Balaban J connectivity index is 5.21. The van der Waals surface area contributed by atoms with E-state index in [1.54, 1.807) is 0 Å². The van der Waals surface area contributed by atoms with E-state index in [2.05, 4.69) is 16.0 Å². The van der Waals surface area contributed by atoms with Crippen LogP contribution in [0.15, 0.2) is 0 Å². The molecule has 4 unspecified atom stereocenters. The second-order valence-corrected chi connectivity index (χ2v) is 6.96. The van der Waals surface area contributed by atoms with E-state index < -0.39 is 48.4 Å². The number of rotatable bonds is 11. The number of carbonyl (C=O) groups excluding carboxylic acids is 3. The third-order valence-corrected chi connectivity index (χ3v) is 3.96. The van der Waals surface area contributed by atoms with E-state index >= 15 is 0 Å². The van der Waals surface area contributed by atoms with Crippen molar-refractivity contribution in [1.29, 1.82) is 0 Å². The normalized spacial score (nSPS) is 15.5. The van der Waals surface area contributed by atoms with Crippen molar-refractivity contribution in [3.8, 4) is 0 Å². The highest BCUT2D eigenvalue weighted by Crippen LogP contribution is 2.11. The number of hydrogen-bond donors (Lipinski definition) is 5. The summed E-state index contributed by atoms with van der Waals surface area (Å²) < 4.78 is 0. The molecule has 0 aliphatic heterocycles. The van der Waals surface area contributed by atoms with E-state index in [0.717, 1.165) is 0 Å². The summed E-state index contributed by atoms with van der Waals surface area (Å²) in [6.07, 6.45) is 0.975. The highest BCUT2D eigenvalue weighted by atomic mass is 16.4. The molecule has 0 aromatic rings. The lowest BCUT2D eigenvalue weighted by Gasteiger charge is -2.27. The molecule has 0 fully saturated rings. The molecule has 4 atom stereocenters. The zero-order valence-corrected chi connectivity index (χ0v) is 16.2. The van der Waals surface area contributed by atoms with Crippen LogP contribution in [0.2, 0.25) is 0 Å². The molecule has 0 aliphatic rings. The van der Waals surface area contributed by atoms with Crippen LogP contribution in [0, 0.1) is 11.8 Å². The van der Waals surface area contributed by atoms with Crippen molar-refractivity contribution in [3.05, 3.63) is 0 Å². The van der Waals surface area contributed by atoms with Crippen molar-refractivity contribution >= 4 is 23.7 Å². The average Bonchev–Trinajstić information content (AvgIpc) is 2.55. The van der Waals surface area contributed by atoms with Crippen LogP contribution in [-0.2, 0) is 19.2 Å². The summed E-state index contributed by atoms with van der Waals surface area (Å²) in [6.45, 7) is 8.45. The Kier molecular flexibility index (Phi) is 10.5. The van der Waals surface area contributed by atoms with Crippen LogP contribution in [-0.4, -0.2) is 53.5 Å². The third-order valence-electron chi connectivity index (χ3n) is 3.96. The topological polar surface area (TPSA) is 151 Å². The average molecular weight is 372 g/mol. The Labute approximate surface area is 154 Å². The van der Waals surface area contributed by atoms with Gasteiger partial charge in [0.05, 0.1) is 6.04 Å². The monoisotopic (exact) mass is 372 g/mol. The van der Waals surface area contributed by atoms with E-state index in [0.29, 0.717) is 12.8 Å². The molecule has 26 heavy (non-hydrogen) atoms. The Bertz CT molecular complexity index is 507. The first-order chi connectivity index (χ1) is 12.0. The van der Waals surface area contributed by atoms with Gasteiger partial charge in [-0.05, 0) is 25.2 Å². The molecule has 9 nitrogen and oxygen atoms in total. The Morgan fingerprint density at radius 2 is 1.54 bits per heavy atom. The zero-order chi connectivity index (χ0) is 20.4. The molecule has 0 bridgehead atoms. The van der Waals surface area contributed by atoms with Crippen molar-refractivity contribution in [3.63, 3.8) is 0 Å². The molecule has 0 rings (SSSR count). The Morgan fingerprint density at radius 3 is 1.96 bits per heavy atom. The van der Waals surface area contributed by atoms with Gasteiger partial charge in [-0.2, -0.15) is 0 Å². The van der Waals surface area contributed by atoms with Gasteiger partial charge in [-0.25, -0.2) is 0 Å². The summed E-state index contributed by atoms with van der Waals surface area (Å²) in [6, 6.07) is -2.49. The van der Waals surface area contributed by atoms with Crippen molar-refractivity contribution in [1.82, 2.24) is 16.0 Å². The Hall–Kier alpha value is -2.16. The first-order valence-corrected chi connectivity index (χ1v) is 8.85. The number of nitrogens with two attached hydrogens (primary N) is 1. The van der Waals surface area contributed by atoms with Crippen LogP contribution in [0.25, 0.3) is 0 Å². The Morgan fingerprint density at radius 1 is 0.962 bits per heavy atom. The number of carboxylic acids is 1. The quantitative estimate of drug-likeness (QED) is 0.333. The lowest BCUT2D eigenvalue weighted by atomic mass is 9.96. The van der Waals surface area contributed by atoms with Crippen LogP contribution in [0.3, 0.4) is 0 Å². The van der Waals surface area contributed by atoms with Gasteiger partial charge in [-0.3, -0.25) is 19.2 Å². The smallest absolute Gasteiger partial charge is 0.322 e. The number of carboxylic acid groups (broad SMARTS) is 1. The van der Waals surface area contributed by atoms with Gasteiger partial charge < -0.3 is 26.8 Å². The minimum atomic E-state index is -1.17. The first-order valence-electron chi connectivity index (χ1n) is 8.85. The largest absolute Gasteiger partial charge is 0.480 e. The van der Waals surface area contributed by atoms with Crippen LogP contribution in [0.5, 0.6) is 0 Å². The van der Waals surface area contributed by atoms with Crippen molar-refractivity contribution in [2.24, 2.45) is 17.6 Å². The maximum absolute atomic E-state index is 12.7. The lowest BCUT2D eigenvalue weighted by molar-refractivity contribution is -0.138. The van der Waals surface area contributed by atoms with Crippen molar-refractivity contribution < 1.29 is 24.3 Å². The molecule has 0 aromatic heterocycles. The fourth-order valence-electron chi connectivity index (χ4n) is 2.24. The minimum Gasteiger partial charge on any atom is -0.480 e. The first kappa shape index (κ1) is 23.8. The highest BCUT2D eigenvalue weighted by Gasteiger charge is 2.30. The van der Waals surface area contributed by atoms with Gasteiger partial charge in [0.15, 0.2) is 0 Å². The van der Waals surface area contributed by atoms with Gasteiger partial charge in [-0.1, -0.05) is 34.1 Å². The molecule has 6 N–H and O–H groups in total. The van der Waals surface area contributed by atoms with Crippen molar-refractivity contribution in [2.45, 2.75) is 65.6 Å². The molecule has 0 saturated carbocycles. The fraction of sp³-hybridized carbons (Fsp3) is 0.765. The minimum absolute atomic E-state index is 0.0941. The summed E-state index contributed by atoms with van der Waals surface area (Å²) in [7, 11) is 0. The van der Waals surface area contributed by atoms with Gasteiger partial charge in [-0.15, -0.1) is 0 Å². The number of carbonyl (C=O) groups is 4. The molecular weight excluding hydrogens is 340 g/mol. The SMILES string of the molecule is CCC(C)C(NC(=O)C(C)N)C(=O)NC(CC(C)C)C(=O)NCC(=O)O. The molecule has 0 saturated heterocycles. The number of nitrogens with one attached hydrogen (secondary N) is 3. The third kappa shape index (κ3) is 8.80. The predicted molar refractivity (Wildman–Crippen MR) is 97.1 cm³/mol. The number of hydrogen-bond acceptors (Lipinski definition) is 5. The molecule has 3 amide bonds. The molecule has 0 radical (unpaired) electrons. The van der Waals surface area contributed by atoms with Gasteiger partial charge in [0, 0.05) is 0 Å². The molecule has 150 valence electrons. The molecule has 0 aromatic carbocycles. The number of amides is 3. The second kappa shape index (κ2) is 11.5. The summed E-state index contributed by atoms with van der Waals surface area (Å²) >= 11 is 0. The van der Waals surface area contributed by atoms with E-state index in [-0.39, 0.29) is 11.8 Å². The van der Waals surface area contributed by atoms with E-state index in [1.807, 2.05) is 27.7 Å². The lowest BCUT2D eigenvalue weighted by Crippen LogP contribution is -2.57. The molecule has 0 heterocycles. The van der Waals surface area contributed by atoms with Crippen molar-refractivity contribution in [2.75, 3.05) is 6.54 Å². The van der Waals surface area contributed by atoms with Crippen LogP contribution >= 0.6 is 0 Å². The molecular formula is C17H32N4O5. The standard InChI is InChI=1S/C17H32N4O5/c1-6-10(4)14(21-15(24)11(5)18)17(26)20-12(7-9(2)3)16(25)19-8-13(22)23/h9-12,14H,6-8,18H2,1-5H3,(H,19,25)(H,20,26)(H,21,24)(H,22,23). The summed E-state index contributed by atoms with van der Waals surface area (Å²) in [5, 5.41) is 16.2. The van der Waals surface area contributed by atoms with Gasteiger partial charge >= 0.3 is 5.97 Å². The van der Waals surface area contributed by atoms with Gasteiger partial charge in [0.1, 0.15) is 18.6 Å². The van der Waals surface area contributed by atoms with Crippen LogP contribution < -0.4 is 21.7 Å². The molecule has 9 heteroatoms. The predicted octanol–water partition coefficient (Wildman–Crippen LogP) is -0.404. The maximum atomic E-state index is 12.7. The maximum Gasteiger partial charge on any atom is 0.322 e. The van der Waals surface area contributed by atoms with E-state index in [4.69, 9.17) is 10.8 Å². The summed E-state index contributed by atoms with van der Waals surface area (Å²) in [5.74, 6) is -2.77. The summed E-state index contributed by atoms with van der Waals surface area (Å²) in [4.78, 5) is 47.4. The number of aliphatic carboxylic acids is 1. The van der Waals surface area contributed by atoms with E-state index in [9.17, 15) is 19.2 Å².